The zero-order valence-electron chi connectivity index (χ0n) is 20.3. The van der Waals surface area contributed by atoms with E-state index in [0.29, 0.717) is 23.5 Å². The number of fused-ring (bicyclic) bond motifs is 2. The average Bonchev–Trinajstić information content (AvgIpc) is 3.14. The summed E-state index contributed by atoms with van der Waals surface area (Å²) in [5.41, 5.74) is 6.19. The Hall–Kier alpha value is -5.30. The number of amides is 2. The lowest BCUT2D eigenvalue weighted by atomic mass is 10.0. The van der Waals surface area contributed by atoms with Crippen molar-refractivity contribution in [2.75, 3.05) is 15.5 Å². The van der Waals surface area contributed by atoms with E-state index < -0.39 is 0 Å². The summed E-state index contributed by atoms with van der Waals surface area (Å²) in [6, 6.07) is 30.0. The first-order valence-electron chi connectivity index (χ1n) is 12.2. The molecule has 184 valence electrons. The number of nitrogens with zero attached hydrogens (tertiary/aromatic N) is 3. The Labute approximate surface area is 219 Å². The van der Waals surface area contributed by atoms with Crippen molar-refractivity contribution in [3.63, 3.8) is 0 Å². The van der Waals surface area contributed by atoms with Crippen LogP contribution in [0.4, 0.5) is 22.9 Å². The highest BCUT2D eigenvalue weighted by Crippen LogP contribution is 2.36. The van der Waals surface area contributed by atoms with Gasteiger partial charge in [-0.25, -0.2) is 4.98 Å². The number of para-hydroxylation sites is 3. The van der Waals surface area contributed by atoms with Crippen LogP contribution in [0.15, 0.2) is 116 Å². The molecule has 6 rings (SSSR count). The van der Waals surface area contributed by atoms with Crippen molar-refractivity contribution < 1.29 is 9.59 Å². The molecular formula is C31H23N5O2. The van der Waals surface area contributed by atoms with Gasteiger partial charge in [0.15, 0.2) is 0 Å². The Morgan fingerprint density at radius 3 is 2.39 bits per heavy atom. The van der Waals surface area contributed by atoms with Crippen molar-refractivity contribution in [2.45, 2.75) is 6.54 Å². The zero-order valence-corrected chi connectivity index (χ0v) is 20.3. The zero-order chi connectivity index (χ0) is 25.9. The van der Waals surface area contributed by atoms with Gasteiger partial charge < -0.3 is 15.5 Å². The number of aromatic nitrogens is 2. The van der Waals surface area contributed by atoms with E-state index in [0.717, 1.165) is 33.8 Å². The lowest BCUT2D eigenvalue weighted by Gasteiger charge is -2.23. The van der Waals surface area contributed by atoms with Crippen LogP contribution < -0.4 is 15.5 Å². The minimum atomic E-state index is -0.312. The molecule has 7 heteroatoms. The lowest BCUT2D eigenvalue weighted by Crippen LogP contribution is -2.30. The van der Waals surface area contributed by atoms with Gasteiger partial charge in [-0.3, -0.25) is 14.6 Å². The predicted molar refractivity (Wildman–Crippen MR) is 149 cm³/mol. The standard InChI is InChI=1S/C31H23N5O2/c37-30(25-9-3-2-8-24(25)21-13-16-32-17-14-21)35-29-19-22(15-18-33-29)31(38)36-20-23-7-1-4-10-26(23)34-27-11-5-6-12-28(27)36/h1-19,34H,20H2,(H,33,35,37). The smallest absolute Gasteiger partial charge is 0.258 e. The summed E-state index contributed by atoms with van der Waals surface area (Å²) in [6.07, 6.45) is 4.92. The maximum Gasteiger partial charge on any atom is 0.258 e. The third-order valence-electron chi connectivity index (χ3n) is 6.47. The molecule has 3 heterocycles. The van der Waals surface area contributed by atoms with Crippen molar-refractivity contribution in [3.8, 4) is 11.1 Å². The summed E-state index contributed by atoms with van der Waals surface area (Å²) in [5, 5.41) is 6.31. The molecule has 0 spiro atoms. The molecule has 0 bridgehead atoms. The van der Waals surface area contributed by atoms with Crippen LogP contribution in [0.1, 0.15) is 26.3 Å². The van der Waals surface area contributed by atoms with Crippen LogP contribution in [-0.2, 0) is 6.54 Å². The molecule has 0 aliphatic carbocycles. The SMILES string of the molecule is O=C(Nc1cc(C(=O)N2Cc3ccccc3Nc3ccccc32)ccn1)c1ccccc1-c1ccncc1. The highest BCUT2D eigenvalue weighted by Gasteiger charge is 2.25. The summed E-state index contributed by atoms with van der Waals surface area (Å²) in [4.78, 5) is 37.2. The Morgan fingerprint density at radius 2 is 1.53 bits per heavy atom. The Morgan fingerprint density at radius 1 is 0.789 bits per heavy atom. The molecule has 0 saturated carbocycles. The number of nitrogens with one attached hydrogen (secondary N) is 2. The molecule has 1 aliphatic heterocycles. The van der Waals surface area contributed by atoms with Crippen LogP contribution in [-0.4, -0.2) is 21.8 Å². The molecule has 0 radical (unpaired) electrons. The van der Waals surface area contributed by atoms with E-state index in [2.05, 4.69) is 20.6 Å². The van der Waals surface area contributed by atoms with Gasteiger partial charge in [0, 0.05) is 35.4 Å². The van der Waals surface area contributed by atoms with Gasteiger partial charge in [0.2, 0.25) is 0 Å². The first-order chi connectivity index (χ1) is 18.7. The lowest BCUT2D eigenvalue weighted by molar-refractivity contribution is 0.0982. The fourth-order valence-corrected chi connectivity index (χ4v) is 4.61. The van der Waals surface area contributed by atoms with E-state index in [1.54, 1.807) is 35.5 Å². The van der Waals surface area contributed by atoms with E-state index in [1.807, 2.05) is 78.9 Å². The third-order valence-corrected chi connectivity index (χ3v) is 6.47. The predicted octanol–water partition coefficient (Wildman–Crippen LogP) is 6.30. The molecule has 2 N–H and O–H groups in total. The first-order valence-corrected chi connectivity index (χ1v) is 12.2. The van der Waals surface area contributed by atoms with Crippen LogP contribution in [0.25, 0.3) is 11.1 Å². The monoisotopic (exact) mass is 497 g/mol. The van der Waals surface area contributed by atoms with Gasteiger partial charge in [-0.05, 0) is 65.2 Å². The van der Waals surface area contributed by atoms with Crippen LogP contribution >= 0.6 is 0 Å². The summed E-state index contributed by atoms with van der Waals surface area (Å²) in [7, 11) is 0. The number of carbonyl (C=O) groups is 2. The second-order valence-corrected chi connectivity index (χ2v) is 8.86. The Kier molecular flexibility index (Phi) is 6.08. The summed E-state index contributed by atoms with van der Waals surface area (Å²) >= 11 is 0. The van der Waals surface area contributed by atoms with Gasteiger partial charge in [-0.2, -0.15) is 0 Å². The van der Waals surface area contributed by atoms with Crippen LogP contribution in [0.5, 0.6) is 0 Å². The van der Waals surface area contributed by atoms with E-state index >= 15 is 0 Å². The second-order valence-electron chi connectivity index (χ2n) is 8.86. The van der Waals surface area contributed by atoms with E-state index in [4.69, 9.17) is 0 Å². The van der Waals surface area contributed by atoms with Crippen LogP contribution in [0.3, 0.4) is 0 Å². The highest BCUT2D eigenvalue weighted by molar-refractivity contribution is 6.11. The maximum atomic E-state index is 13.8. The summed E-state index contributed by atoms with van der Waals surface area (Å²) in [5.74, 6) is -0.203. The molecule has 5 aromatic rings. The van der Waals surface area contributed by atoms with Gasteiger partial charge in [0.1, 0.15) is 5.82 Å². The number of rotatable bonds is 4. The maximum absolute atomic E-state index is 13.8. The molecule has 2 aromatic heterocycles. The topological polar surface area (TPSA) is 87.2 Å². The van der Waals surface area contributed by atoms with Crippen molar-refractivity contribution in [3.05, 3.63) is 132 Å². The average molecular weight is 498 g/mol. The van der Waals surface area contributed by atoms with Crippen LogP contribution in [0, 0.1) is 0 Å². The van der Waals surface area contributed by atoms with E-state index in [-0.39, 0.29) is 11.8 Å². The minimum Gasteiger partial charge on any atom is -0.354 e. The van der Waals surface area contributed by atoms with Gasteiger partial charge >= 0.3 is 0 Å². The fourth-order valence-electron chi connectivity index (χ4n) is 4.61. The number of hydrogen-bond donors (Lipinski definition) is 2. The second kappa shape index (κ2) is 9.99. The Bertz CT molecular complexity index is 1650. The highest BCUT2D eigenvalue weighted by atomic mass is 16.2. The molecule has 3 aromatic carbocycles. The number of benzene rings is 3. The quantitative estimate of drug-likeness (QED) is 0.304. The van der Waals surface area contributed by atoms with Gasteiger partial charge in [0.25, 0.3) is 11.8 Å². The van der Waals surface area contributed by atoms with E-state index in [9.17, 15) is 9.59 Å². The molecule has 0 fully saturated rings. The number of hydrogen-bond acceptors (Lipinski definition) is 5. The molecule has 38 heavy (non-hydrogen) atoms. The van der Waals surface area contributed by atoms with Crippen molar-refractivity contribution in [2.24, 2.45) is 0 Å². The van der Waals surface area contributed by atoms with Crippen molar-refractivity contribution in [1.29, 1.82) is 0 Å². The largest absolute Gasteiger partial charge is 0.354 e. The van der Waals surface area contributed by atoms with Crippen molar-refractivity contribution >= 4 is 34.7 Å². The molecule has 0 saturated heterocycles. The molecule has 0 unspecified atom stereocenters. The third kappa shape index (κ3) is 4.49. The van der Waals surface area contributed by atoms with Crippen LogP contribution in [0.2, 0.25) is 0 Å². The number of pyridine rings is 2. The molecule has 0 atom stereocenters. The van der Waals surface area contributed by atoms with E-state index in [1.165, 1.54) is 6.20 Å². The van der Waals surface area contributed by atoms with Gasteiger partial charge in [-0.15, -0.1) is 0 Å². The fraction of sp³-hybridized carbons (Fsp3) is 0.0323. The van der Waals surface area contributed by atoms with Crippen molar-refractivity contribution in [1.82, 2.24) is 9.97 Å². The Balaban J connectivity index is 1.30. The normalized spacial score (nSPS) is 11.9. The minimum absolute atomic E-state index is 0.189. The molecule has 1 aliphatic rings. The first kappa shape index (κ1) is 23.1. The summed E-state index contributed by atoms with van der Waals surface area (Å²) < 4.78 is 0. The van der Waals surface area contributed by atoms with Gasteiger partial charge in [-0.1, -0.05) is 48.5 Å². The molecule has 7 nitrogen and oxygen atoms in total. The number of anilines is 4. The summed E-state index contributed by atoms with van der Waals surface area (Å²) in [6.45, 7) is 0.405. The molecular weight excluding hydrogens is 474 g/mol. The molecule has 2 amide bonds. The van der Waals surface area contributed by atoms with Gasteiger partial charge in [0.05, 0.1) is 17.9 Å². The number of carbonyl (C=O) groups excluding carboxylic acids is 2.